The third-order valence-corrected chi connectivity index (χ3v) is 4.74. The monoisotopic (exact) mass is 328 g/mol. The van der Waals surface area contributed by atoms with Gasteiger partial charge in [-0.1, -0.05) is 0 Å². The van der Waals surface area contributed by atoms with Crippen molar-refractivity contribution < 1.29 is 9.59 Å². The molecule has 6 heteroatoms. The number of piperazine rings is 1. The van der Waals surface area contributed by atoms with Gasteiger partial charge in [-0.05, 0) is 44.5 Å². The lowest BCUT2D eigenvalue weighted by Crippen LogP contribution is -2.53. The van der Waals surface area contributed by atoms with E-state index in [1.165, 1.54) is 5.56 Å². The van der Waals surface area contributed by atoms with Gasteiger partial charge in [0.05, 0.1) is 0 Å². The lowest BCUT2D eigenvalue weighted by Gasteiger charge is -2.34. The standard InChI is InChI=1S/C18H24N4O2/c1-4-19-18(24)22-9-7-21(8-10-22)17(23)14-5-6-16-15(11-14)12(2)13(3)20-16/h5-6,11,20H,4,7-10H2,1-3H3,(H,19,24). The Labute approximate surface area is 141 Å². The fourth-order valence-electron chi connectivity index (χ4n) is 3.15. The van der Waals surface area contributed by atoms with Crippen LogP contribution in [0.15, 0.2) is 18.2 Å². The van der Waals surface area contributed by atoms with Crippen LogP contribution in [0.4, 0.5) is 4.79 Å². The second-order valence-electron chi connectivity index (χ2n) is 6.25. The number of benzene rings is 1. The van der Waals surface area contributed by atoms with Crippen LogP contribution in [0.3, 0.4) is 0 Å². The molecule has 0 atom stereocenters. The smallest absolute Gasteiger partial charge is 0.317 e. The van der Waals surface area contributed by atoms with E-state index in [-0.39, 0.29) is 11.9 Å². The third kappa shape index (κ3) is 2.96. The van der Waals surface area contributed by atoms with Crippen LogP contribution in [-0.4, -0.2) is 59.4 Å². The molecule has 1 aromatic heterocycles. The minimum Gasteiger partial charge on any atom is -0.358 e. The summed E-state index contributed by atoms with van der Waals surface area (Å²) in [7, 11) is 0. The average molecular weight is 328 g/mol. The van der Waals surface area contributed by atoms with Gasteiger partial charge >= 0.3 is 6.03 Å². The second kappa shape index (κ2) is 6.55. The molecule has 1 aliphatic heterocycles. The quantitative estimate of drug-likeness (QED) is 0.888. The Hall–Kier alpha value is -2.50. The van der Waals surface area contributed by atoms with Gasteiger partial charge in [-0.3, -0.25) is 4.79 Å². The first-order chi connectivity index (χ1) is 11.5. The maximum Gasteiger partial charge on any atom is 0.317 e. The molecule has 2 heterocycles. The molecule has 0 spiro atoms. The van der Waals surface area contributed by atoms with Gasteiger partial charge in [0, 0.05) is 54.9 Å². The molecule has 0 aliphatic carbocycles. The SMILES string of the molecule is CCNC(=O)N1CCN(C(=O)c2ccc3[nH]c(C)c(C)c3c2)CC1. The molecule has 1 aromatic carbocycles. The zero-order valence-corrected chi connectivity index (χ0v) is 14.5. The highest BCUT2D eigenvalue weighted by Crippen LogP contribution is 2.23. The third-order valence-electron chi connectivity index (χ3n) is 4.74. The van der Waals surface area contributed by atoms with Gasteiger partial charge in [-0.25, -0.2) is 4.79 Å². The topological polar surface area (TPSA) is 68.4 Å². The molecule has 128 valence electrons. The lowest BCUT2D eigenvalue weighted by molar-refractivity contribution is 0.0665. The molecule has 3 rings (SSSR count). The van der Waals surface area contributed by atoms with Crippen LogP contribution in [0.2, 0.25) is 0 Å². The molecule has 0 saturated carbocycles. The van der Waals surface area contributed by atoms with Gasteiger partial charge < -0.3 is 20.1 Å². The number of nitrogens with zero attached hydrogens (tertiary/aromatic N) is 2. The van der Waals surface area contributed by atoms with E-state index in [0.717, 1.165) is 16.6 Å². The zero-order valence-electron chi connectivity index (χ0n) is 14.5. The van der Waals surface area contributed by atoms with E-state index in [1.807, 2.05) is 36.9 Å². The number of urea groups is 1. The summed E-state index contributed by atoms with van der Waals surface area (Å²) in [6.07, 6.45) is 0. The van der Waals surface area contributed by atoms with E-state index in [0.29, 0.717) is 38.3 Å². The number of amides is 3. The van der Waals surface area contributed by atoms with Crippen LogP contribution < -0.4 is 5.32 Å². The molecule has 3 amide bonds. The minimum atomic E-state index is -0.0514. The van der Waals surface area contributed by atoms with Crippen molar-refractivity contribution in [3.8, 4) is 0 Å². The molecule has 1 fully saturated rings. The summed E-state index contributed by atoms with van der Waals surface area (Å²) in [6, 6.07) is 5.75. The zero-order chi connectivity index (χ0) is 17.3. The van der Waals surface area contributed by atoms with Gasteiger partial charge in [0.15, 0.2) is 0 Å². The van der Waals surface area contributed by atoms with Crippen molar-refractivity contribution in [2.24, 2.45) is 0 Å². The number of carbonyl (C=O) groups is 2. The summed E-state index contributed by atoms with van der Waals surface area (Å²) < 4.78 is 0. The first-order valence-electron chi connectivity index (χ1n) is 8.42. The summed E-state index contributed by atoms with van der Waals surface area (Å²) in [5.74, 6) is 0.0331. The van der Waals surface area contributed by atoms with Crippen molar-refractivity contribution in [2.45, 2.75) is 20.8 Å². The number of nitrogens with one attached hydrogen (secondary N) is 2. The number of aromatic nitrogens is 1. The second-order valence-corrected chi connectivity index (χ2v) is 6.25. The van der Waals surface area contributed by atoms with Crippen LogP contribution >= 0.6 is 0 Å². The average Bonchev–Trinajstić information content (AvgIpc) is 2.88. The largest absolute Gasteiger partial charge is 0.358 e. The molecule has 1 saturated heterocycles. The number of carbonyl (C=O) groups excluding carboxylic acids is 2. The first kappa shape index (κ1) is 16.4. The van der Waals surface area contributed by atoms with E-state index in [1.54, 1.807) is 4.90 Å². The minimum absolute atomic E-state index is 0.0331. The van der Waals surface area contributed by atoms with E-state index in [4.69, 9.17) is 0 Å². The van der Waals surface area contributed by atoms with E-state index < -0.39 is 0 Å². The number of hydrogen-bond donors (Lipinski definition) is 2. The maximum absolute atomic E-state index is 12.8. The molecule has 2 aromatic rings. The van der Waals surface area contributed by atoms with Crippen LogP contribution in [0, 0.1) is 13.8 Å². The summed E-state index contributed by atoms with van der Waals surface area (Å²) in [5.41, 5.74) is 4.07. The highest BCUT2D eigenvalue weighted by Gasteiger charge is 2.24. The van der Waals surface area contributed by atoms with Gasteiger partial charge in [-0.15, -0.1) is 0 Å². The van der Waals surface area contributed by atoms with Crippen molar-refractivity contribution in [3.63, 3.8) is 0 Å². The van der Waals surface area contributed by atoms with Crippen molar-refractivity contribution in [2.75, 3.05) is 32.7 Å². The Kier molecular flexibility index (Phi) is 4.46. The van der Waals surface area contributed by atoms with E-state index in [2.05, 4.69) is 17.2 Å². The summed E-state index contributed by atoms with van der Waals surface area (Å²) >= 11 is 0. The number of hydrogen-bond acceptors (Lipinski definition) is 2. The molecular formula is C18H24N4O2. The molecule has 6 nitrogen and oxygen atoms in total. The predicted octanol–water partition coefficient (Wildman–Crippen LogP) is 2.27. The van der Waals surface area contributed by atoms with Crippen molar-refractivity contribution in [1.29, 1.82) is 0 Å². The van der Waals surface area contributed by atoms with Gasteiger partial charge in [0.1, 0.15) is 0 Å². The van der Waals surface area contributed by atoms with Crippen LogP contribution in [0.25, 0.3) is 10.9 Å². The summed E-state index contributed by atoms with van der Waals surface area (Å²) in [6.45, 7) is 8.90. The molecule has 0 bridgehead atoms. The Morgan fingerprint density at radius 2 is 1.79 bits per heavy atom. The van der Waals surface area contributed by atoms with E-state index in [9.17, 15) is 9.59 Å². The van der Waals surface area contributed by atoms with Gasteiger partial charge in [0.2, 0.25) is 0 Å². The fraction of sp³-hybridized carbons (Fsp3) is 0.444. The molecule has 2 N–H and O–H groups in total. The maximum atomic E-state index is 12.8. The molecule has 24 heavy (non-hydrogen) atoms. The Balaban J connectivity index is 1.71. The number of rotatable bonds is 2. The Morgan fingerprint density at radius 3 is 2.46 bits per heavy atom. The summed E-state index contributed by atoms with van der Waals surface area (Å²) in [4.78, 5) is 31.5. The van der Waals surface area contributed by atoms with Crippen LogP contribution in [-0.2, 0) is 0 Å². The number of aryl methyl sites for hydroxylation is 2. The van der Waals surface area contributed by atoms with Crippen LogP contribution in [0.5, 0.6) is 0 Å². The molecule has 0 unspecified atom stereocenters. The number of fused-ring (bicyclic) bond motifs is 1. The van der Waals surface area contributed by atoms with Gasteiger partial charge in [-0.2, -0.15) is 0 Å². The summed E-state index contributed by atoms with van der Waals surface area (Å²) in [5, 5.41) is 3.90. The number of aromatic amines is 1. The van der Waals surface area contributed by atoms with Crippen molar-refractivity contribution in [3.05, 3.63) is 35.0 Å². The van der Waals surface area contributed by atoms with Crippen molar-refractivity contribution >= 4 is 22.8 Å². The van der Waals surface area contributed by atoms with Crippen LogP contribution in [0.1, 0.15) is 28.5 Å². The van der Waals surface area contributed by atoms with Gasteiger partial charge in [0.25, 0.3) is 5.91 Å². The normalized spacial score (nSPS) is 15.0. The fourth-order valence-corrected chi connectivity index (χ4v) is 3.15. The Bertz CT molecular complexity index is 773. The Morgan fingerprint density at radius 1 is 1.12 bits per heavy atom. The highest BCUT2D eigenvalue weighted by atomic mass is 16.2. The first-order valence-corrected chi connectivity index (χ1v) is 8.42. The molecular weight excluding hydrogens is 304 g/mol. The van der Waals surface area contributed by atoms with E-state index >= 15 is 0 Å². The van der Waals surface area contributed by atoms with Crippen molar-refractivity contribution in [1.82, 2.24) is 20.1 Å². The predicted molar refractivity (Wildman–Crippen MR) is 94.3 cm³/mol. The molecule has 0 radical (unpaired) electrons. The highest BCUT2D eigenvalue weighted by molar-refractivity contribution is 5.99. The lowest BCUT2D eigenvalue weighted by atomic mass is 10.1. The number of H-pyrrole nitrogens is 1. The molecule has 1 aliphatic rings.